The van der Waals surface area contributed by atoms with E-state index in [1.165, 1.54) is 29.7 Å². The van der Waals surface area contributed by atoms with Crippen LogP contribution in [0.4, 0.5) is 5.69 Å². The van der Waals surface area contributed by atoms with Gasteiger partial charge in [-0.15, -0.1) is 0 Å². The van der Waals surface area contributed by atoms with Gasteiger partial charge < -0.3 is 10.2 Å². The summed E-state index contributed by atoms with van der Waals surface area (Å²) in [5, 5.41) is 3.48. The van der Waals surface area contributed by atoms with Crippen molar-refractivity contribution in [2.45, 2.75) is 60.0 Å². The number of aryl methyl sites for hydroxylation is 1. The van der Waals surface area contributed by atoms with Gasteiger partial charge in [0.15, 0.2) is 0 Å². The van der Waals surface area contributed by atoms with Crippen molar-refractivity contribution in [2.24, 2.45) is 5.92 Å². The summed E-state index contributed by atoms with van der Waals surface area (Å²) in [5.41, 5.74) is 4.12. The Hall–Kier alpha value is -1.02. The second-order valence-electron chi connectivity index (χ2n) is 6.38. The molecule has 0 aromatic heterocycles. The van der Waals surface area contributed by atoms with Gasteiger partial charge in [-0.1, -0.05) is 26.8 Å². The van der Waals surface area contributed by atoms with Crippen molar-refractivity contribution in [2.75, 3.05) is 18.5 Å². The first-order valence-corrected chi connectivity index (χ1v) is 7.98. The number of rotatable bonds is 8. The molecule has 2 nitrogen and oxygen atoms in total. The number of nitrogens with one attached hydrogen (secondary N) is 1. The lowest BCUT2D eigenvalue weighted by molar-refractivity contribution is 0.504. The average Bonchev–Trinajstić information content (AvgIpc) is 2.39. The Labute approximate surface area is 125 Å². The number of nitrogens with zero attached hydrogens (tertiary/aromatic N) is 1. The second-order valence-corrected chi connectivity index (χ2v) is 6.38. The zero-order chi connectivity index (χ0) is 15.1. The van der Waals surface area contributed by atoms with Crippen LogP contribution in [-0.2, 0) is 6.54 Å². The Bertz CT molecular complexity index is 398. The molecule has 0 saturated carbocycles. The highest BCUT2D eigenvalue weighted by molar-refractivity contribution is 5.51. The molecule has 1 aromatic carbocycles. The summed E-state index contributed by atoms with van der Waals surface area (Å²) in [5.74, 6) is 0.742. The van der Waals surface area contributed by atoms with E-state index in [4.69, 9.17) is 0 Å². The van der Waals surface area contributed by atoms with Gasteiger partial charge in [0, 0.05) is 25.3 Å². The average molecular weight is 276 g/mol. The molecule has 0 heterocycles. The van der Waals surface area contributed by atoms with Crippen LogP contribution in [0, 0.1) is 12.8 Å². The van der Waals surface area contributed by atoms with E-state index in [1.807, 2.05) is 0 Å². The molecule has 1 aromatic rings. The molecule has 0 aliphatic heterocycles. The Morgan fingerprint density at radius 1 is 1.20 bits per heavy atom. The van der Waals surface area contributed by atoms with Crippen LogP contribution in [-0.4, -0.2) is 19.6 Å². The molecule has 0 bridgehead atoms. The van der Waals surface area contributed by atoms with Crippen LogP contribution >= 0.6 is 0 Å². The summed E-state index contributed by atoms with van der Waals surface area (Å²) in [6, 6.07) is 7.43. The summed E-state index contributed by atoms with van der Waals surface area (Å²) in [4.78, 5) is 2.40. The maximum Gasteiger partial charge on any atom is 0.0368 e. The first kappa shape index (κ1) is 17.0. The van der Waals surface area contributed by atoms with Crippen LogP contribution in [0.15, 0.2) is 18.2 Å². The van der Waals surface area contributed by atoms with Gasteiger partial charge in [-0.25, -0.2) is 0 Å². The lowest BCUT2D eigenvalue weighted by Crippen LogP contribution is -2.30. The van der Waals surface area contributed by atoms with Crippen LogP contribution < -0.4 is 10.2 Å². The van der Waals surface area contributed by atoms with Gasteiger partial charge in [-0.2, -0.15) is 0 Å². The predicted octanol–water partition coefficient (Wildman–Crippen LogP) is 4.37. The maximum absolute atomic E-state index is 3.48. The molecule has 0 amide bonds. The van der Waals surface area contributed by atoms with Crippen molar-refractivity contribution in [1.82, 2.24) is 5.32 Å². The van der Waals surface area contributed by atoms with Gasteiger partial charge in [-0.05, 0) is 62.4 Å². The Balaban J connectivity index is 2.70. The lowest BCUT2D eigenvalue weighted by Gasteiger charge is -2.29. The summed E-state index contributed by atoms with van der Waals surface area (Å²) in [7, 11) is 2.21. The van der Waals surface area contributed by atoms with E-state index in [0.29, 0.717) is 6.04 Å². The largest absolute Gasteiger partial charge is 0.372 e. The van der Waals surface area contributed by atoms with Gasteiger partial charge in [0.1, 0.15) is 0 Å². The van der Waals surface area contributed by atoms with Crippen molar-refractivity contribution in [3.05, 3.63) is 29.3 Å². The fraction of sp³-hybridized carbons (Fsp3) is 0.667. The second kappa shape index (κ2) is 8.31. The molecule has 0 saturated heterocycles. The highest BCUT2D eigenvalue weighted by Gasteiger charge is 2.12. The van der Waals surface area contributed by atoms with E-state index < -0.39 is 0 Å². The van der Waals surface area contributed by atoms with Crippen molar-refractivity contribution < 1.29 is 0 Å². The topological polar surface area (TPSA) is 15.3 Å². The normalized spacial score (nSPS) is 12.8. The van der Waals surface area contributed by atoms with Gasteiger partial charge in [0.05, 0.1) is 0 Å². The maximum atomic E-state index is 3.48. The van der Waals surface area contributed by atoms with Gasteiger partial charge in [0.25, 0.3) is 0 Å². The fourth-order valence-corrected chi connectivity index (χ4v) is 2.59. The van der Waals surface area contributed by atoms with E-state index in [0.717, 1.165) is 19.0 Å². The van der Waals surface area contributed by atoms with E-state index in [9.17, 15) is 0 Å². The molecular formula is C18H32N2. The van der Waals surface area contributed by atoms with E-state index in [1.54, 1.807) is 0 Å². The van der Waals surface area contributed by atoms with Crippen molar-refractivity contribution in [1.29, 1.82) is 0 Å². The first-order valence-electron chi connectivity index (χ1n) is 7.98. The number of anilines is 1. The molecule has 0 fully saturated rings. The quantitative estimate of drug-likeness (QED) is 0.709. The van der Waals surface area contributed by atoms with Crippen LogP contribution in [0.5, 0.6) is 0 Å². The van der Waals surface area contributed by atoms with Gasteiger partial charge in [-0.3, -0.25) is 0 Å². The standard InChI is InChI=1S/C18H32N2/c1-7-10-19-13-17-8-9-18(12-15(17)4)20(6)16(5)11-14(2)3/h8-9,12,14,16,19H,7,10-11,13H2,1-6H3. The molecule has 2 heteroatoms. The molecule has 1 rings (SSSR count). The third-order valence-corrected chi connectivity index (χ3v) is 3.95. The SMILES string of the molecule is CCCNCc1ccc(N(C)C(C)CC(C)C)cc1C. The summed E-state index contributed by atoms with van der Waals surface area (Å²) >= 11 is 0. The van der Waals surface area contributed by atoms with Crippen LogP contribution in [0.25, 0.3) is 0 Å². The summed E-state index contributed by atoms with van der Waals surface area (Å²) in [6.07, 6.45) is 2.42. The predicted molar refractivity (Wildman–Crippen MR) is 90.5 cm³/mol. The third kappa shape index (κ3) is 5.16. The van der Waals surface area contributed by atoms with Crippen molar-refractivity contribution >= 4 is 5.69 Å². The highest BCUT2D eigenvalue weighted by atomic mass is 15.1. The number of benzene rings is 1. The monoisotopic (exact) mass is 276 g/mol. The van der Waals surface area contributed by atoms with Crippen molar-refractivity contribution in [3.8, 4) is 0 Å². The zero-order valence-corrected chi connectivity index (χ0v) is 14.2. The van der Waals surface area contributed by atoms with E-state index in [-0.39, 0.29) is 0 Å². The Kier molecular flexibility index (Phi) is 7.08. The molecule has 20 heavy (non-hydrogen) atoms. The molecule has 1 unspecified atom stereocenters. The molecule has 0 aliphatic rings. The van der Waals surface area contributed by atoms with Gasteiger partial charge >= 0.3 is 0 Å². The number of hydrogen-bond acceptors (Lipinski definition) is 2. The minimum absolute atomic E-state index is 0.582. The molecule has 1 atom stereocenters. The third-order valence-electron chi connectivity index (χ3n) is 3.95. The van der Waals surface area contributed by atoms with Crippen molar-refractivity contribution in [3.63, 3.8) is 0 Å². The molecule has 0 spiro atoms. The van der Waals surface area contributed by atoms with Gasteiger partial charge in [0.2, 0.25) is 0 Å². The van der Waals surface area contributed by atoms with Crippen LogP contribution in [0.2, 0.25) is 0 Å². The Morgan fingerprint density at radius 3 is 2.45 bits per heavy atom. The summed E-state index contributed by atoms with van der Waals surface area (Å²) < 4.78 is 0. The smallest absolute Gasteiger partial charge is 0.0368 e. The molecule has 114 valence electrons. The van der Waals surface area contributed by atoms with Crippen LogP contribution in [0.3, 0.4) is 0 Å². The van der Waals surface area contributed by atoms with E-state index >= 15 is 0 Å². The highest BCUT2D eigenvalue weighted by Crippen LogP contribution is 2.22. The van der Waals surface area contributed by atoms with Crippen LogP contribution in [0.1, 0.15) is 51.7 Å². The Morgan fingerprint density at radius 2 is 1.90 bits per heavy atom. The lowest BCUT2D eigenvalue weighted by atomic mass is 10.0. The molecule has 0 radical (unpaired) electrons. The minimum atomic E-state index is 0.582. The molecule has 1 N–H and O–H groups in total. The minimum Gasteiger partial charge on any atom is -0.372 e. The fourth-order valence-electron chi connectivity index (χ4n) is 2.59. The zero-order valence-electron chi connectivity index (χ0n) is 14.2. The molecule has 0 aliphatic carbocycles. The summed E-state index contributed by atoms with van der Waals surface area (Å²) in [6.45, 7) is 13.4. The number of hydrogen-bond donors (Lipinski definition) is 1. The van der Waals surface area contributed by atoms with E-state index in [2.05, 4.69) is 70.1 Å². The first-order chi connectivity index (χ1) is 9.45. The molecular weight excluding hydrogens is 244 g/mol.